The van der Waals surface area contributed by atoms with Crippen molar-refractivity contribution in [1.29, 1.82) is 0 Å². The molecule has 2 aliphatic rings. The lowest BCUT2D eigenvalue weighted by atomic mass is 9.96. The summed E-state index contributed by atoms with van der Waals surface area (Å²) < 4.78 is 44.1. The van der Waals surface area contributed by atoms with Crippen LogP contribution in [-0.4, -0.2) is 72.2 Å². The van der Waals surface area contributed by atoms with E-state index in [-0.39, 0.29) is 11.5 Å². The van der Waals surface area contributed by atoms with Crippen LogP contribution in [-0.2, 0) is 24.3 Å². The van der Waals surface area contributed by atoms with Crippen molar-refractivity contribution in [3.05, 3.63) is 24.3 Å². The minimum atomic E-state index is -4.23. The number of piperidine rings is 1. The van der Waals surface area contributed by atoms with Crippen molar-refractivity contribution in [2.24, 2.45) is 0 Å². The molecule has 0 saturated carbocycles. The molecule has 2 saturated heterocycles. The molecule has 3 N–H and O–H groups in total. The molecule has 2 fully saturated rings. The first kappa shape index (κ1) is 22.5. The molecule has 0 bridgehead atoms. The predicted octanol–water partition coefficient (Wildman–Crippen LogP) is -0.152. The predicted molar refractivity (Wildman–Crippen MR) is 103 cm³/mol. The number of hydrogen-bond acceptors (Lipinski definition) is 8. The number of sulfonamides is 1. The van der Waals surface area contributed by atoms with Crippen LogP contribution in [0, 0.1) is 11.8 Å². The van der Waals surface area contributed by atoms with Gasteiger partial charge in [-0.25, -0.2) is 13.9 Å². The number of rotatable bonds is 5. The number of fused-ring (bicyclic) bond motifs is 1. The van der Waals surface area contributed by atoms with Gasteiger partial charge in [-0.05, 0) is 45.0 Å². The maximum absolute atomic E-state index is 13.3. The fourth-order valence-electron chi connectivity index (χ4n) is 3.55. The summed E-state index contributed by atoms with van der Waals surface area (Å²) in [7, 11) is -4.23. The van der Waals surface area contributed by atoms with Crippen LogP contribution in [0.2, 0.25) is 0 Å². The highest BCUT2D eigenvalue weighted by atomic mass is 32.2. The molecule has 4 atom stereocenters. The van der Waals surface area contributed by atoms with Crippen molar-refractivity contribution in [2.45, 2.75) is 55.8 Å². The second-order valence-corrected chi connectivity index (χ2v) is 9.21. The third-order valence-electron chi connectivity index (χ3n) is 4.83. The van der Waals surface area contributed by atoms with Crippen LogP contribution in [0.25, 0.3) is 0 Å². The van der Waals surface area contributed by atoms with Crippen molar-refractivity contribution < 1.29 is 37.7 Å². The van der Waals surface area contributed by atoms with Gasteiger partial charge in [0.1, 0.15) is 30.6 Å². The van der Waals surface area contributed by atoms with E-state index < -0.39 is 52.6 Å². The average Bonchev–Trinajstić information content (AvgIpc) is 3.03. The van der Waals surface area contributed by atoms with Crippen LogP contribution in [0.15, 0.2) is 29.2 Å². The number of β-amino-alcohol motifs (C(OH)–C–C–N with tert-alkyl or cyclic N) is 1. The molecule has 11 heteroatoms. The molecule has 0 aliphatic carbocycles. The number of carbonyl (C=O) groups excluding carboxylic acids is 1. The molecule has 10 nitrogen and oxygen atoms in total. The molecule has 3 rings (SSSR count). The summed E-state index contributed by atoms with van der Waals surface area (Å²) in [6, 6.07) is 4.14. The van der Waals surface area contributed by atoms with E-state index in [9.17, 15) is 23.5 Å². The normalized spacial score (nSPS) is 28.2. The monoisotopic (exact) mass is 440 g/mol. The maximum atomic E-state index is 13.3. The number of nitrogens with zero attached hydrogens (tertiary/aromatic N) is 1. The van der Waals surface area contributed by atoms with Gasteiger partial charge in [0.15, 0.2) is 5.79 Å². The van der Waals surface area contributed by atoms with E-state index in [2.05, 4.69) is 11.8 Å². The fraction of sp³-hybridized carbons (Fsp3) is 0.526. The fourth-order valence-corrected chi connectivity index (χ4v) is 5.17. The molecule has 1 aromatic rings. The Morgan fingerprint density at radius 2 is 1.93 bits per heavy atom. The molecular weight excluding hydrogens is 416 g/mol. The number of amides is 1. The Morgan fingerprint density at radius 3 is 2.53 bits per heavy atom. The van der Waals surface area contributed by atoms with E-state index in [4.69, 9.17) is 14.2 Å². The smallest absolute Gasteiger partial charge is 0.264 e. The standard InChI is InChI=1S/C19H24N2O8S/c1-4-5-10-27-12-6-8-13(9-7-12)30(25,26)21-11-14(22)16-17(15(21)18(23)20-24)29-19(2,3)28-16/h6-9,14-17,22,24H,10-11H2,1-3H3,(H,20,23)/t14-,15+,16-,17-/m0/s1. The zero-order chi connectivity index (χ0) is 22.1. The molecule has 0 aromatic heterocycles. The summed E-state index contributed by atoms with van der Waals surface area (Å²) >= 11 is 0. The van der Waals surface area contributed by atoms with Crippen LogP contribution in [0.3, 0.4) is 0 Å². The van der Waals surface area contributed by atoms with Crippen LogP contribution < -0.4 is 10.2 Å². The van der Waals surface area contributed by atoms with Gasteiger partial charge in [-0.1, -0.05) is 5.92 Å². The number of hydroxylamine groups is 1. The highest BCUT2D eigenvalue weighted by molar-refractivity contribution is 7.89. The van der Waals surface area contributed by atoms with Crippen molar-refractivity contribution >= 4 is 15.9 Å². The third-order valence-corrected chi connectivity index (χ3v) is 6.69. The zero-order valence-electron chi connectivity index (χ0n) is 16.7. The van der Waals surface area contributed by atoms with Gasteiger partial charge in [-0.2, -0.15) is 4.31 Å². The summed E-state index contributed by atoms with van der Waals surface area (Å²) in [6.45, 7) is 4.61. The van der Waals surface area contributed by atoms with Gasteiger partial charge in [0.2, 0.25) is 10.0 Å². The van der Waals surface area contributed by atoms with E-state index in [0.29, 0.717) is 5.75 Å². The lowest BCUT2D eigenvalue weighted by Crippen LogP contribution is -2.65. The molecule has 0 radical (unpaired) electrons. The molecule has 0 spiro atoms. The van der Waals surface area contributed by atoms with Crippen LogP contribution in [0.1, 0.15) is 20.8 Å². The van der Waals surface area contributed by atoms with E-state index in [1.165, 1.54) is 29.7 Å². The SMILES string of the molecule is CC#CCOc1ccc(S(=O)(=O)N2C[C@H](O)[C@@H]3OC(C)(C)O[C@H]3[C@@H]2C(=O)NO)cc1. The first-order valence-corrected chi connectivity index (χ1v) is 10.7. The number of benzene rings is 1. The minimum absolute atomic E-state index is 0.115. The Labute approximate surface area is 174 Å². The number of hydrogen-bond donors (Lipinski definition) is 3. The Morgan fingerprint density at radius 1 is 1.30 bits per heavy atom. The second kappa shape index (κ2) is 8.50. The van der Waals surface area contributed by atoms with E-state index >= 15 is 0 Å². The summed E-state index contributed by atoms with van der Waals surface area (Å²) in [5, 5.41) is 19.7. The maximum Gasteiger partial charge on any atom is 0.264 e. The first-order valence-electron chi connectivity index (χ1n) is 9.22. The van der Waals surface area contributed by atoms with Crippen LogP contribution in [0.4, 0.5) is 0 Å². The topological polar surface area (TPSA) is 135 Å². The van der Waals surface area contributed by atoms with E-state index in [0.717, 1.165) is 4.31 Å². The molecule has 1 amide bonds. The van der Waals surface area contributed by atoms with Gasteiger partial charge < -0.3 is 19.3 Å². The van der Waals surface area contributed by atoms with Gasteiger partial charge >= 0.3 is 0 Å². The van der Waals surface area contributed by atoms with Crippen LogP contribution in [0.5, 0.6) is 5.75 Å². The number of aliphatic hydroxyl groups is 1. The number of nitrogens with one attached hydrogen (secondary N) is 1. The Kier molecular flexibility index (Phi) is 6.37. The van der Waals surface area contributed by atoms with Crippen molar-refractivity contribution in [1.82, 2.24) is 9.79 Å². The molecule has 2 heterocycles. The number of aliphatic hydroxyl groups excluding tert-OH is 1. The van der Waals surface area contributed by atoms with E-state index in [1.54, 1.807) is 20.8 Å². The Balaban J connectivity index is 1.92. The summed E-state index contributed by atoms with van der Waals surface area (Å²) in [5.74, 6) is 3.72. The minimum Gasteiger partial charge on any atom is -0.481 e. The van der Waals surface area contributed by atoms with Crippen molar-refractivity contribution in [2.75, 3.05) is 13.2 Å². The summed E-state index contributed by atoms with van der Waals surface area (Å²) in [4.78, 5) is 12.3. The number of ether oxygens (including phenoxy) is 3. The lowest BCUT2D eigenvalue weighted by molar-refractivity contribution is -0.155. The first-order chi connectivity index (χ1) is 14.1. The second-order valence-electron chi connectivity index (χ2n) is 7.31. The lowest BCUT2D eigenvalue weighted by Gasteiger charge is -2.40. The molecular formula is C19H24N2O8S. The third kappa shape index (κ3) is 4.29. The molecule has 164 valence electrons. The largest absolute Gasteiger partial charge is 0.481 e. The van der Waals surface area contributed by atoms with Gasteiger partial charge in [-0.3, -0.25) is 10.0 Å². The van der Waals surface area contributed by atoms with E-state index in [1.807, 2.05) is 0 Å². The quantitative estimate of drug-likeness (QED) is 0.327. The molecule has 2 aliphatic heterocycles. The molecule has 0 unspecified atom stereocenters. The molecule has 1 aromatic carbocycles. The summed E-state index contributed by atoms with van der Waals surface area (Å²) in [6.07, 6.45) is -3.27. The number of carbonyl (C=O) groups is 1. The zero-order valence-corrected chi connectivity index (χ0v) is 17.5. The van der Waals surface area contributed by atoms with Crippen molar-refractivity contribution in [3.8, 4) is 17.6 Å². The van der Waals surface area contributed by atoms with Gasteiger partial charge in [0, 0.05) is 6.54 Å². The summed E-state index contributed by atoms with van der Waals surface area (Å²) in [5.41, 5.74) is 1.49. The Hall–Kier alpha value is -2.20. The average molecular weight is 440 g/mol. The Bertz CT molecular complexity index is 951. The highest BCUT2D eigenvalue weighted by Gasteiger charge is 2.58. The molecule has 30 heavy (non-hydrogen) atoms. The highest BCUT2D eigenvalue weighted by Crippen LogP contribution is 2.38. The van der Waals surface area contributed by atoms with Gasteiger partial charge in [0.25, 0.3) is 5.91 Å². The van der Waals surface area contributed by atoms with Gasteiger partial charge in [-0.15, -0.1) is 5.92 Å². The van der Waals surface area contributed by atoms with Crippen LogP contribution >= 0.6 is 0 Å². The van der Waals surface area contributed by atoms with Crippen molar-refractivity contribution in [3.63, 3.8) is 0 Å². The van der Waals surface area contributed by atoms with Gasteiger partial charge in [0.05, 0.1) is 11.0 Å².